The van der Waals surface area contributed by atoms with Crippen LogP contribution in [0.4, 0.5) is 19.4 Å². The van der Waals surface area contributed by atoms with Crippen LogP contribution in [-0.2, 0) is 4.74 Å². The molecule has 184 valence electrons. The van der Waals surface area contributed by atoms with E-state index in [1.165, 1.54) is 4.90 Å². The molecule has 2 aliphatic heterocycles. The first-order valence-electron chi connectivity index (χ1n) is 10.9. The molecule has 2 saturated heterocycles. The van der Waals surface area contributed by atoms with Crippen molar-refractivity contribution in [3.63, 3.8) is 0 Å². The number of ether oxygens (including phenoxy) is 1. The number of rotatable bonds is 4. The Morgan fingerprint density at radius 1 is 1.00 bits per heavy atom. The number of nitrogens with one attached hydrogen (secondary N) is 1. The van der Waals surface area contributed by atoms with Gasteiger partial charge in [-0.05, 0) is 61.1 Å². The van der Waals surface area contributed by atoms with E-state index in [9.17, 15) is 24.2 Å². The number of nitrogens with zero attached hydrogens (tertiary/aromatic N) is 3. The van der Waals surface area contributed by atoms with Gasteiger partial charge in [0.15, 0.2) is 5.65 Å². The predicted molar refractivity (Wildman–Crippen MR) is 118 cm³/mol. The van der Waals surface area contributed by atoms with Crippen LogP contribution in [0.1, 0.15) is 52.8 Å². The number of H-pyrrole nitrogens is 1. The van der Waals surface area contributed by atoms with Gasteiger partial charge in [0, 0.05) is 37.4 Å². The molecule has 2 aliphatic rings. The highest BCUT2D eigenvalue weighted by Gasteiger charge is 2.65. The van der Waals surface area contributed by atoms with Crippen LogP contribution in [-0.4, -0.2) is 52.1 Å². The summed E-state index contributed by atoms with van der Waals surface area (Å²) in [5.74, 6) is 0.748. The first-order valence-corrected chi connectivity index (χ1v) is 12.9. The van der Waals surface area contributed by atoms with Gasteiger partial charge >= 0.3 is 10.2 Å². The average molecular weight is 503 g/mol. The zero-order valence-electron chi connectivity index (χ0n) is 18.0. The molecule has 2 fully saturated rings. The molecule has 3 aromatic rings. The van der Waals surface area contributed by atoms with Crippen molar-refractivity contribution in [2.75, 3.05) is 26.3 Å². The second-order valence-corrected chi connectivity index (χ2v) is 11.3. The molecule has 0 bridgehead atoms. The molecule has 1 aromatic carbocycles. The topological polar surface area (TPSA) is 71.1 Å². The Balaban J connectivity index is 1.29. The molecule has 12 heteroatoms. The summed E-state index contributed by atoms with van der Waals surface area (Å²) in [7, 11) is -9.76. The maximum Gasteiger partial charge on any atom is 0.310 e. The van der Waals surface area contributed by atoms with Crippen LogP contribution >= 0.6 is 10.2 Å². The summed E-state index contributed by atoms with van der Waals surface area (Å²) in [5, 5.41) is 0. The SMILES string of the molecule is O=C(c1ccc(S(F)(F)(F)(F)F)cc1)N1CCC(c2ccnc3nc([C@H]4CCOC4)[nH]c23)CC1. The summed E-state index contributed by atoms with van der Waals surface area (Å²) in [6, 6.07) is 4.12. The standard InChI is InChI=1S/C22H23F5N4O2S/c23-34(24,25,26,27)17-3-1-15(2-4-17)22(32)31-10-6-14(7-11-31)18-5-9-28-21-19(18)29-20(30-21)16-8-12-33-13-16/h1-5,9,14,16H,6-8,10-13H2,(H,28,29,30)/t16-/m0/s1. The first kappa shape index (κ1) is 23.0. The second-order valence-electron chi connectivity index (χ2n) is 8.84. The van der Waals surface area contributed by atoms with Crippen LogP contribution in [0.5, 0.6) is 0 Å². The van der Waals surface area contributed by atoms with E-state index in [2.05, 4.69) is 15.0 Å². The lowest BCUT2D eigenvalue weighted by molar-refractivity contribution is 0.0713. The number of likely N-dealkylation sites (tertiary alicyclic amines) is 1. The van der Waals surface area contributed by atoms with Gasteiger partial charge in [-0.2, -0.15) is 0 Å². The monoisotopic (exact) mass is 502 g/mol. The van der Waals surface area contributed by atoms with Crippen LogP contribution in [0.15, 0.2) is 41.4 Å². The van der Waals surface area contributed by atoms with Gasteiger partial charge < -0.3 is 14.6 Å². The highest BCUT2D eigenvalue weighted by Crippen LogP contribution is 3.02. The summed E-state index contributed by atoms with van der Waals surface area (Å²) >= 11 is 0. The summed E-state index contributed by atoms with van der Waals surface area (Å²) in [4.78, 5) is 24.7. The number of fused-ring (bicyclic) bond motifs is 1. The van der Waals surface area contributed by atoms with Gasteiger partial charge in [-0.15, -0.1) is 0 Å². The molecule has 1 amide bonds. The quantitative estimate of drug-likeness (QED) is 0.435. The van der Waals surface area contributed by atoms with Crippen molar-refractivity contribution in [3.8, 4) is 0 Å². The number of pyridine rings is 1. The summed E-state index contributed by atoms with van der Waals surface area (Å²) < 4.78 is 70.1. The fraction of sp³-hybridized carbons (Fsp3) is 0.409. The number of carbonyl (C=O) groups is 1. The van der Waals surface area contributed by atoms with E-state index in [1.807, 2.05) is 6.07 Å². The third kappa shape index (κ3) is 4.48. The lowest BCUT2D eigenvalue weighted by Crippen LogP contribution is -2.38. The van der Waals surface area contributed by atoms with E-state index >= 15 is 0 Å². The largest absolute Gasteiger partial charge is 0.381 e. The molecule has 6 nitrogen and oxygen atoms in total. The minimum Gasteiger partial charge on any atom is -0.381 e. The number of piperidine rings is 1. The number of aromatic nitrogens is 3. The average Bonchev–Trinajstić information content (AvgIpc) is 3.47. The van der Waals surface area contributed by atoms with Crippen LogP contribution in [0, 0.1) is 0 Å². The Hall–Kier alpha value is -2.73. The number of imidazole rings is 1. The van der Waals surface area contributed by atoms with Gasteiger partial charge in [0.2, 0.25) is 0 Å². The number of aromatic amines is 1. The van der Waals surface area contributed by atoms with Crippen molar-refractivity contribution in [2.24, 2.45) is 0 Å². The van der Waals surface area contributed by atoms with Crippen LogP contribution in [0.3, 0.4) is 0 Å². The lowest BCUT2D eigenvalue weighted by Gasteiger charge is -2.40. The Morgan fingerprint density at radius 3 is 2.32 bits per heavy atom. The molecule has 1 atom stereocenters. The molecule has 0 radical (unpaired) electrons. The van der Waals surface area contributed by atoms with E-state index in [0.29, 0.717) is 44.8 Å². The highest BCUT2D eigenvalue weighted by atomic mass is 32.5. The smallest absolute Gasteiger partial charge is 0.310 e. The number of carbonyl (C=O) groups excluding carboxylic acids is 1. The Labute approximate surface area is 192 Å². The molecule has 0 unspecified atom stereocenters. The van der Waals surface area contributed by atoms with Crippen LogP contribution < -0.4 is 0 Å². The van der Waals surface area contributed by atoms with Crippen molar-refractivity contribution >= 4 is 27.3 Å². The zero-order chi connectivity index (χ0) is 24.2. The molecular weight excluding hydrogens is 479 g/mol. The molecular formula is C22H23F5N4O2S. The van der Waals surface area contributed by atoms with Gasteiger partial charge in [0.25, 0.3) is 5.91 Å². The van der Waals surface area contributed by atoms with Gasteiger partial charge in [-0.25, -0.2) is 9.97 Å². The number of halogens is 5. The third-order valence-corrected chi connectivity index (χ3v) is 7.69. The number of benzene rings is 1. The molecule has 34 heavy (non-hydrogen) atoms. The van der Waals surface area contributed by atoms with Gasteiger partial charge in [0.1, 0.15) is 10.7 Å². The normalized spacial score (nSPS) is 22.0. The Bertz CT molecular complexity index is 1230. The van der Waals surface area contributed by atoms with Crippen molar-refractivity contribution in [1.29, 1.82) is 0 Å². The van der Waals surface area contributed by atoms with E-state index in [-0.39, 0.29) is 29.5 Å². The predicted octanol–water partition coefficient (Wildman–Crippen LogP) is 6.14. The van der Waals surface area contributed by atoms with E-state index in [1.54, 1.807) is 6.20 Å². The van der Waals surface area contributed by atoms with Crippen LogP contribution in [0.25, 0.3) is 11.2 Å². The van der Waals surface area contributed by atoms with Gasteiger partial charge in [-0.1, -0.05) is 19.4 Å². The number of hydrogen-bond acceptors (Lipinski definition) is 4. The number of hydrogen-bond donors (Lipinski definition) is 1. The van der Waals surface area contributed by atoms with E-state index in [0.717, 1.165) is 35.5 Å². The van der Waals surface area contributed by atoms with Gasteiger partial charge in [-0.3, -0.25) is 4.79 Å². The fourth-order valence-electron chi connectivity index (χ4n) is 4.66. The zero-order valence-corrected chi connectivity index (χ0v) is 18.8. The molecule has 0 saturated carbocycles. The molecule has 2 aromatic heterocycles. The van der Waals surface area contributed by atoms with E-state index in [4.69, 9.17) is 4.74 Å². The third-order valence-electron chi connectivity index (χ3n) is 6.53. The summed E-state index contributed by atoms with van der Waals surface area (Å²) in [5.41, 5.74) is 2.53. The molecule has 1 N–H and O–H groups in total. The Morgan fingerprint density at radius 2 is 1.71 bits per heavy atom. The highest BCUT2D eigenvalue weighted by molar-refractivity contribution is 8.45. The molecule has 5 rings (SSSR count). The van der Waals surface area contributed by atoms with Crippen LogP contribution in [0.2, 0.25) is 0 Å². The van der Waals surface area contributed by atoms with E-state index < -0.39 is 21.0 Å². The molecule has 0 spiro atoms. The Kier molecular flexibility index (Phi) is 5.00. The van der Waals surface area contributed by atoms with Crippen molar-refractivity contribution in [3.05, 3.63) is 53.5 Å². The molecule has 0 aliphatic carbocycles. The summed E-state index contributed by atoms with van der Waals surface area (Å²) in [6.07, 6.45) is 3.91. The molecule has 4 heterocycles. The maximum absolute atomic E-state index is 12.9. The van der Waals surface area contributed by atoms with Crippen molar-refractivity contribution < 1.29 is 29.0 Å². The van der Waals surface area contributed by atoms with Crippen molar-refractivity contribution in [2.45, 2.75) is 36.0 Å². The second kappa shape index (κ2) is 7.38. The maximum atomic E-state index is 12.9. The lowest BCUT2D eigenvalue weighted by atomic mass is 9.89. The number of amides is 1. The van der Waals surface area contributed by atoms with Crippen molar-refractivity contribution in [1.82, 2.24) is 19.9 Å². The first-order chi connectivity index (χ1) is 15.9. The van der Waals surface area contributed by atoms with Gasteiger partial charge in [0.05, 0.1) is 12.1 Å². The summed E-state index contributed by atoms with van der Waals surface area (Å²) in [6.45, 7) is 2.12. The fourth-order valence-corrected chi connectivity index (χ4v) is 5.31. The minimum atomic E-state index is -9.76. The minimum absolute atomic E-state index is 0.0488.